The summed E-state index contributed by atoms with van der Waals surface area (Å²) in [5.41, 5.74) is 0.0750. The van der Waals surface area contributed by atoms with Crippen molar-refractivity contribution in [2.45, 2.75) is 51.4 Å². The van der Waals surface area contributed by atoms with Crippen LogP contribution in [-0.2, 0) is 4.79 Å². The standard InChI is InChI=1S/C15H20O/c1-2-3-4-14(16)15-8-11-5-12(9-15)7-13(6-11)10-15/h1,11-13H,3-10H2. The number of ketones is 1. The highest BCUT2D eigenvalue weighted by atomic mass is 16.1. The van der Waals surface area contributed by atoms with E-state index in [4.69, 9.17) is 6.42 Å². The third-order valence-electron chi connectivity index (χ3n) is 5.13. The van der Waals surface area contributed by atoms with Gasteiger partial charge < -0.3 is 0 Å². The highest BCUT2D eigenvalue weighted by Crippen LogP contribution is 2.60. The quantitative estimate of drug-likeness (QED) is 0.662. The number of hydrogen-bond acceptors (Lipinski definition) is 1. The van der Waals surface area contributed by atoms with Gasteiger partial charge in [-0.1, -0.05) is 0 Å². The Morgan fingerprint density at radius 2 is 1.62 bits per heavy atom. The number of rotatable bonds is 3. The average molecular weight is 216 g/mol. The normalized spacial score (nSPS) is 44.3. The lowest BCUT2D eigenvalue weighted by Gasteiger charge is -2.56. The van der Waals surface area contributed by atoms with Crippen molar-refractivity contribution >= 4 is 5.78 Å². The van der Waals surface area contributed by atoms with Crippen LogP contribution < -0.4 is 0 Å². The van der Waals surface area contributed by atoms with E-state index in [1.165, 1.54) is 38.5 Å². The third-order valence-corrected chi connectivity index (χ3v) is 5.13. The summed E-state index contributed by atoms with van der Waals surface area (Å²) in [5, 5.41) is 0. The number of hydrogen-bond donors (Lipinski definition) is 0. The molecular weight excluding hydrogens is 196 g/mol. The van der Waals surface area contributed by atoms with E-state index in [2.05, 4.69) is 5.92 Å². The molecule has 86 valence electrons. The molecule has 0 aliphatic heterocycles. The van der Waals surface area contributed by atoms with Crippen LogP contribution in [0, 0.1) is 35.5 Å². The maximum absolute atomic E-state index is 12.4. The van der Waals surface area contributed by atoms with Crippen LogP contribution in [0.1, 0.15) is 51.4 Å². The van der Waals surface area contributed by atoms with Gasteiger partial charge in [-0.25, -0.2) is 0 Å². The topological polar surface area (TPSA) is 17.1 Å². The van der Waals surface area contributed by atoms with Crippen molar-refractivity contribution < 1.29 is 4.79 Å². The fraction of sp³-hybridized carbons (Fsp3) is 0.800. The van der Waals surface area contributed by atoms with Crippen molar-refractivity contribution in [1.82, 2.24) is 0 Å². The van der Waals surface area contributed by atoms with Gasteiger partial charge in [0.05, 0.1) is 0 Å². The van der Waals surface area contributed by atoms with Crippen LogP contribution in [0.4, 0.5) is 0 Å². The van der Waals surface area contributed by atoms with E-state index in [1.807, 2.05) is 0 Å². The zero-order valence-electron chi connectivity index (χ0n) is 9.87. The van der Waals surface area contributed by atoms with Crippen molar-refractivity contribution in [2.75, 3.05) is 0 Å². The SMILES string of the molecule is C#CCCC(=O)C12CC3CC(CC(C3)C1)C2. The predicted molar refractivity (Wildman–Crippen MR) is 63.7 cm³/mol. The molecule has 0 spiro atoms. The van der Waals surface area contributed by atoms with Gasteiger partial charge in [-0.3, -0.25) is 4.79 Å². The second-order valence-corrected chi connectivity index (χ2v) is 6.33. The van der Waals surface area contributed by atoms with E-state index in [1.54, 1.807) is 0 Å². The fourth-order valence-corrected chi connectivity index (χ4v) is 4.90. The van der Waals surface area contributed by atoms with Crippen LogP contribution in [0.25, 0.3) is 0 Å². The van der Waals surface area contributed by atoms with Crippen molar-refractivity contribution in [3.8, 4) is 12.3 Å². The molecule has 4 bridgehead atoms. The molecule has 0 saturated heterocycles. The second kappa shape index (κ2) is 3.62. The lowest BCUT2D eigenvalue weighted by atomic mass is 9.48. The molecule has 4 aliphatic carbocycles. The number of terminal acetylenes is 1. The molecule has 4 rings (SSSR count). The minimum Gasteiger partial charge on any atom is -0.299 e. The molecule has 4 saturated carbocycles. The fourth-order valence-electron chi connectivity index (χ4n) is 4.90. The molecule has 4 aliphatic rings. The van der Waals surface area contributed by atoms with Crippen molar-refractivity contribution in [3.05, 3.63) is 0 Å². The van der Waals surface area contributed by atoms with Crippen molar-refractivity contribution in [1.29, 1.82) is 0 Å². The second-order valence-electron chi connectivity index (χ2n) is 6.33. The average Bonchev–Trinajstić information content (AvgIpc) is 2.24. The Bertz CT molecular complexity index is 312. The molecule has 0 aromatic carbocycles. The number of carbonyl (C=O) groups excluding carboxylic acids is 1. The third kappa shape index (κ3) is 1.51. The van der Waals surface area contributed by atoms with Crippen LogP contribution in [0.2, 0.25) is 0 Å². The summed E-state index contributed by atoms with van der Waals surface area (Å²) in [5.74, 6) is 5.69. The first-order valence-corrected chi connectivity index (χ1v) is 6.68. The van der Waals surface area contributed by atoms with Crippen LogP contribution in [-0.4, -0.2) is 5.78 Å². The molecule has 1 nitrogen and oxygen atoms in total. The first kappa shape index (κ1) is 10.4. The Labute approximate surface area is 98.0 Å². The zero-order valence-corrected chi connectivity index (χ0v) is 9.87. The van der Waals surface area contributed by atoms with E-state index in [-0.39, 0.29) is 5.41 Å². The predicted octanol–water partition coefficient (Wildman–Crippen LogP) is 3.19. The molecule has 16 heavy (non-hydrogen) atoms. The van der Waals surface area contributed by atoms with E-state index in [0.29, 0.717) is 18.6 Å². The molecule has 0 atom stereocenters. The lowest BCUT2D eigenvalue weighted by molar-refractivity contribution is -0.143. The summed E-state index contributed by atoms with van der Waals surface area (Å²) in [7, 11) is 0. The number of carbonyl (C=O) groups is 1. The Morgan fingerprint density at radius 3 is 2.06 bits per heavy atom. The maximum Gasteiger partial charge on any atom is 0.140 e. The van der Waals surface area contributed by atoms with Crippen molar-refractivity contribution in [3.63, 3.8) is 0 Å². The lowest BCUT2D eigenvalue weighted by Crippen LogP contribution is -2.49. The molecular formula is C15H20O. The summed E-state index contributed by atoms with van der Waals surface area (Å²) >= 11 is 0. The van der Waals surface area contributed by atoms with Gasteiger partial charge in [0.15, 0.2) is 0 Å². The summed E-state index contributed by atoms with van der Waals surface area (Å²) in [6.07, 6.45) is 14.3. The van der Waals surface area contributed by atoms with Crippen LogP contribution in [0.5, 0.6) is 0 Å². The van der Waals surface area contributed by atoms with E-state index >= 15 is 0 Å². The van der Waals surface area contributed by atoms with Gasteiger partial charge in [-0.15, -0.1) is 12.3 Å². The smallest absolute Gasteiger partial charge is 0.140 e. The molecule has 1 heteroatoms. The number of Topliss-reactive ketones (excluding diaryl/α,β-unsaturated/α-hetero) is 1. The molecule has 4 fully saturated rings. The molecule has 0 N–H and O–H groups in total. The summed E-state index contributed by atoms with van der Waals surface area (Å²) in [4.78, 5) is 12.4. The van der Waals surface area contributed by atoms with Gasteiger partial charge in [0.25, 0.3) is 0 Å². The zero-order chi connectivity index (χ0) is 11.2. The van der Waals surface area contributed by atoms with Gasteiger partial charge >= 0.3 is 0 Å². The summed E-state index contributed by atoms with van der Waals surface area (Å²) in [6, 6.07) is 0. The Balaban J connectivity index is 1.78. The van der Waals surface area contributed by atoms with E-state index in [0.717, 1.165) is 17.8 Å². The Hall–Kier alpha value is -0.770. The minimum atomic E-state index is 0.0750. The highest BCUT2D eigenvalue weighted by Gasteiger charge is 2.53. The Kier molecular flexibility index (Phi) is 2.35. The van der Waals surface area contributed by atoms with Gasteiger partial charge in [0.1, 0.15) is 5.78 Å². The molecule has 0 radical (unpaired) electrons. The largest absolute Gasteiger partial charge is 0.299 e. The first-order valence-electron chi connectivity index (χ1n) is 6.68. The van der Waals surface area contributed by atoms with Gasteiger partial charge in [0, 0.05) is 18.3 Å². The molecule has 0 amide bonds. The molecule has 0 aromatic rings. The van der Waals surface area contributed by atoms with E-state index < -0.39 is 0 Å². The van der Waals surface area contributed by atoms with Gasteiger partial charge in [-0.05, 0) is 56.3 Å². The van der Waals surface area contributed by atoms with Crippen LogP contribution >= 0.6 is 0 Å². The molecule has 0 aromatic heterocycles. The van der Waals surface area contributed by atoms with Crippen LogP contribution in [0.3, 0.4) is 0 Å². The van der Waals surface area contributed by atoms with Gasteiger partial charge in [0.2, 0.25) is 0 Å². The summed E-state index contributed by atoms with van der Waals surface area (Å²) in [6.45, 7) is 0. The van der Waals surface area contributed by atoms with E-state index in [9.17, 15) is 4.79 Å². The minimum absolute atomic E-state index is 0.0750. The van der Waals surface area contributed by atoms with Crippen molar-refractivity contribution in [2.24, 2.45) is 23.2 Å². The molecule has 0 unspecified atom stereocenters. The monoisotopic (exact) mass is 216 g/mol. The Morgan fingerprint density at radius 1 is 1.12 bits per heavy atom. The summed E-state index contributed by atoms with van der Waals surface area (Å²) < 4.78 is 0. The highest BCUT2D eigenvalue weighted by molar-refractivity contribution is 5.85. The van der Waals surface area contributed by atoms with Gasteiger partial charge in [-0.2, -0.15) is 0 Å². The van der Waals surface area contributed by atoms with Crippen LogP contribution in [0.15, 0.2) is 0 Å². The first-order chi connectivity index (χ1) is 7.72. The maximum atomic E-state index is 12.4. The molecule has 0 heterocycles.